The highest BCUT2D eigenvalue weighted by Gasteiger charge is 2.21. The first-order valence-corrected chi connectivity index (χ1v) is 9.30. The van der Waals surface area contributed by atoms with Crippen molar-refractivity contribution < 1.29 is 28.0 Å². The monoisotopic (exact) mass is 424 g/mol. The van der Waals surface area contributed by atoms with Gasteiger partial charge in [0.25, 0.3) is 11.8 Å². The van der Waals surface area contributed by atoms with Gasteiger partial charge in [0.15, 0.2) is 12.4 Å². The molecule has 10 heteroatoms. The SMILES string of the molecule is Cc1c(C#N)c(NC(=O)COC(=O)CNC(=O)c2ccco2)n(Cc2ccco2)c1C. The van der Waals surface area contributed by atoms with E-state index in [0.29, 0.717) is 23.7 Å². The number of rotatable bonds is 8. The summed E-state index contributed by atoms with van der Waals surface area (Å²) >= 11 is 0. The van der Waals surface area contributed by atoms with Crippen molar-refractivity contribution in [1.82, 2.24) is 9.88 Å². The van der Waals surface area contributed by atoms with Crippen LogP contribution >= 0.6 is 0 Å². The lowest BCUT2D eigenvalue weighted by molar-refractivity contribution is -0.146. The molecule has 0 radical (unpaired) electrons. The molecule has 3 aromatic rings. The Morgan fingerprint density at radius 1 is 1.16 bits per heavy atom. The van der Waals surface area contributed by atoms with E-state index in [1.54, 1.807) is 23.6 Å². The Morgan fingerprint density at radius 2 is 1.90 bits per heavy atom. The zero-order chi connectivity index (χ0) is 22.4. The zero-order valence-corrected chi connectivity index (χ0v) is 16.9. The molecule has 0 spiro atoms. The molecule has 0 saturated heterocycles. The number of nitrogens with one attached hydrogen (secondary N) is 2. The van der Waals surface area contributed by atoms with Crippen LogP contribution in [0.4, 0.5) is 5.82 Å². The van der Waals surface area contributed by atoms with Gasteiger partial charge in [-0.2, -0.15) is 5.26 Å². The summed E-state index contributed by atoms with van der Waals surface area (Å²) in [5, 5.41) is 14.5. The van der Waals surface area contributed by atoms with Crippen molar-refractivity contribution in [2.45, 2.75) is 20.4 Å². The number of nitrogens with zero attached hydrogens (tertiary/aromatic N) is 2. The fraction of sp³-hybridized carbons (Fsp3) is 0.238. The van der Waals surface area contributed by atoms with Crippen LogP contribution in [0.15, 0.2) is 45.6 Å². The van der Waals surface area contributed by atoms with Crippen molar-refractivity contribution in [3.05, 3.63) is 65.1 Å². The van der Waals surface area contributed by atoms with Crippen molar-refractivity contribution in [2.75, 3.05) is 18.5 Å². The number of furan rings is 2. The lowest BCUT2D eigenvalue weighted by atomic mass is 10.2. The van der Waals surface area contributed by atoms with E-state index in [1.165, 1.54) is 24.7 Å². The van der Waals surface area contributed by atoms with Crippen molar-refractivity contribution in [2.24, 2.45) is 0 Å². The molecule has 0 aliphatic rings. The summed E-state index contributed by atoms with van der Waals surface area (Å²) in [4.78, 5) is 35.9. The maximum absolute atomic E-state index is 12.3. The summed E-state index contributed by atoms with van der Waals surface area (Å²) in [5.74, 6) is -1.00. The molecule has 3 aromatic heterocycles. The minimum absolute atomic E-state index is 0.0534. The van der Waals surface area contributed by atoms with Crippen molar-refractivity contribution in [3.8, 4) is 6.07 Å². The van der Waals surface area contributed by atoms with Gasteiger partial charge >= 0.3 is 5.97 Å². The van der Waals surface area contributed by atoms with E-state index in [-0.39, 0.29) is 5.76 Å². The highest BCUT2D eigenvalue weighted by Crippen LogP contribution is 2.27. The second-order valence-corrected chi connectivity index (χ2v) is 6.58. The van der Waals surface area contributed by atoms with Crippen molar-refractivity contribution in [1.29, 1.82) is 5.26 Å². The Kier molecular flexibility index (Phi) is 6.57. The van der Waals surface area contributed by atoms with Gasteiger partial charge in [0, 0.05) is 5.69 Å². The third-order valence-corrected chi connectivity index (χ3v) is 4.60. The number of nitriles is 1. The Labute approximate surface area is 177 Å². The third kappa shape index (κ3) is 5.02. The highest BCUT2D eigenvalue weighted by atomic mass is 16.5. The molecule has 0 aliphatic carbocycles. The molecule has 160 valence electrons. The molecule has 0 aromatic carbocycles. The third-order valence-electron chi connectivity index (χ3n) is 4.60. The summed E-state index contributed by atoms with van der Waals surface area (Å²) < 4.78 is 16.9. The van der Waals surface area contributed by atoms with E-state index in [2.05, 4.69) is 16.7 Å². The average molecular weight is 424 g/mol. The number of anilines is 1. The summed E-state index contributed by atoms with van der Waals surface area (Å²) in [6.45, 7) is 2.92. The van der Waals surface area contributed by atoms with E-state index >= 15 is 0 Å². The summed E-state index contributed by atoms with van der Waals surface area (Å²) in [5.41, 5.74) is 1.83. The van der Waals surface area contributed by atoms with E-state index < -0.39 is 30.9 Å². The van der Waals surface area contributed by atoms with E-state index in [0.717, 1.165) is 11.3 Å². The molecule has 0 saturated carbocycles. The normalized spacial score (nSPS) is 10.4. The predicted octanol–water partition coefficient (Wildman–Crippen LogP) is 2.12. The summed E-state index contributed by atoms with van der Waals surface area (Å²) in [6.07, 6.45) is 2.87. The molecule has 0 fully saturated rings. The van der Waals surface area contributed by atoms with Gasteiger partial charge in [-0.05, 0) is 43.7 Å². The summed E-state index contributed by atoms with van der Waals surface area (Å²) in [6, 6.07) is 8.61. The fourth-order valence-corrected chi connectivity index (χ4v) is 2.90. The Balaban J connectivity index is 1.59. The number of carbonyl (C=O) groups is 3. The maximum Gasteiger partial charge on any atom is 0.325 e. The van der Waals surface area contributed by atoms with Crippen LogP contribution in [0.2, 0.25) is 0 Å². The molecule has 31 heavy (non-hydrogen) atoms. The number of aromatic nitrogens is 1. The van der Waals surface area contributed by atoms with Gasteiger partial charge in [-0.1, -0.05) is 0 Å². The fourth-order valence-electron chi connectivity index (χ4n) is 2.90. The van der Waals surface area contributed by atoms with Gasteiger partial charge in [0.1, 0.15) is 24.2 Å². The van der Waals surface area contributed by atoms with Crippen molar-refractivity contribution in [3.63, 3.8) is 0 Å². The number of esters is 1. The molecular formula is C21H20N4O6. The first-order chi connectivity index (χ1) is 14.9. The topological polar surface area (TPSA) is 140 Å². The zero-order valence-electron chi connectivity index (χ0n) is 16.9. The molecule has 3 rings (SSSR count). The number of hydrogen-bond acceptors (Lipinski definition) is 7. The molecular weight excluding hydrogens is 404 g/mol. The maximum atomic E-state index is 12.3. The predicted molar refractivity (Wildman–Crippen MR) is 107 cm³/mol. The van der Waals surface area contributed by atoms with Gasteiger partial charge in [-0.3, -0.25) is 14.4 Å². The smallest absolute Gasteiger partial charge is 0.325 e. The van der Waals surface area contributed by atoms with E-state index in [1.807, 2.05) is 6.92 Å². The second kappa shape index (κ2) is 9.49. The number of hydrogen-bond donors (Lipinski definition) is 2. The summed E-state index contributed by atoms with van der Waals surface area (Å²) in [7, 11) is 0. The van der Waals surface area contributed by atoms with Crippen LogP contribution in [0.25, 0.3) is 0 Å². The molecule has 10 nitrogen and oxygen atoms in total. The molecule has 0 bridgehead atoms. The second-order valence-electron chi connectivity index (χ2n) is 6.58. The first kappa shape index (κ1) is 21.4. The van der Waals surface area contributed by atoms with E-state index in [4.69, 9.17) is 13.6 Å². The Hall–Kier alpha value is -4.26. The molecule has 0 unspecified atom stereocenters. The Bertz CT molecular complexity index is 1120. The number of carbonyl (C=O) groups excluding carboxylic acids is 3. The van der Waals surface area contributed by atoms with Crippen LogP contribution in [0.3, 0.4) is 0 Å². The number of ether oxygens (including phenoxy) is 1. The molecule has 2 amide bonds. The average Bonchev–Trinajstić information content (AvgIpc) is 3.50. The lowest BCUT2D eigenvalue weighted by Crippen LogP contribution is -2.32. The van der Waals surface area contributed by atoms with Crippen LogP contribution in [0.1, 0.15) is 33.1 Å². The van der Waals surface area contributed by atoms with Crippen LogP contribution < -0.4 is 10.6 Å². The van der Waals surface area contributed by atoms with Crippen LogP contribution in [-0.4, -0.2) is 35.5 Å². The van der Waals surface area contributed by atoms with Crippen LogP contribution in [-0.2, 0) is 20.9 Å². The van der Waals surface area contributed by atoms with Gasteiger partial charge in [-0.15, -0.1) is 0 Å². The lowest BCUT2D eigenvalue weighted by Gasteiger charge is -2.12. The van der Waals surface area contributed by atoms with Crippen molar-refractivity contribution >= 4 is 23.6 Å². The van der Waals surface area contributed by atoms with Crippen LogP contribution in [0.5, 0.6) is 0 Å². The van der Waals surface area contributed by atoms with Gasteiger partial charge in [0.2, 0.25) is 0 Å². The van der Waals surface area contributed by atoms with Gasteiger partial charge < -0.3 is 28.8 Å². The first-order valence-electron chi connectivity index (χ1n) is 9.30. The van der Waals surface area contributed by atoms with Crippen LogP contribution in [0, 0.1) is 25.2 Å². The minimum atomic E-state index is -0.797. The molecule has 0 atom stereocenters. The van der Waals surface area contributed by atoms with Gasteiger partial charge in [0.05, 0.1) is 24.6 Å². The highest BCUT2D eigenvalue weighted by molar-refractivity contribution is 5.95. The quantitative estimate of drug-likeness (QED) is 0.528. The number of amides is 2. The Morgan fingerprint density at radius 3 is 2.55 bits per heavy atom. The largest absolute Gasteiger partial charge is 0.467 e. The minimum Gasteiger partial charge on any atom is -0.467 e. The molecule has 2 N–H and O–H groups in total. The molecule has 0 aliphatic heterocycles. The standard InChI is InChI=1S/C21H20N4O6/c1-13-14(2)25(11-15-5-3-7-29-15)20(16(13)9-22)24-18(26)12-31-19(27)10-23-21(28)17-6-4-8-30-17/h3-8H,10-12H2,1-2H3,(H,23,28)(H,24,26). The molecule has 3 heterocycles. The van der Waals surface area contributed by atoms with Gasteiger partial charge in [-0.25, -0.2) is 0 Å². The van der Waals surface area contributed by atoms with E-state index in [9.17, 15) is 19.6 Å².